The maximum Gasteiger partial charge on any atom is 0.275 e. The summed E-state index contributed by atoms with van der Waals surface area (Å²) in [7, 11) is 0. The predicted molar refractivity (Wildman–Crippen MR) is 81.1 cm³/mol. The minimum atomic E-state index is -0.639. The first-order chi connectivity index (χ1) is 7.92. The quantitative estimate of drug-likeness (QED) is 0.459. The Labute approximate surface area is 116 Å². The van der Waals surface area contributed by atoms with E-state index in [0.29, 0.717) is 0 Å². The van der Waals surface area contributed by atoms with E-state index in [4.69, 9.17) is 4.79 Å². The average molecular weight is 282 g/mol. The maximum atomic E-state index is 10.2. The van der Waals surface area contributed by atoms with Crippen LogP contribution in [0.15, 0.2) is 0 Å². The van der Waals surface area contributed by atoms with E-state index >= 15 is 0 Å². The molecule has 0 aliphatic heterocycles. The van der Waals surface area contributed by atoms with Gasteiger partial charge in [-0.15, -0.1) is 0 Å². The summed E-state index contributed by atoms with van der Waals surface area (Å²) in [6, 6.07) is 0. The Morgan fingerprint density at radius 1 is 1.00 bits per heavy atom. The highest BCUT2D eigenvalue weighted by atomic mass is 32.1. The third-order valence-electron chi connectivity index (χ3n) is 1.56. The van der Waals surface area contributed by atoms with E-state index in [1.165, 1.54) is 25.7 Å². The monoisotopic (exact) mass is 282 g/mol. The lowest BCUT2D eigenvalue weighted by Gasteiger charge is -1.97. The highest BCUT2D eigenvalue weighted by Crippen LogP contribution is 1.91. The first-order valence-corrected chi connectivity index (χ1v) is 6.76. The molecule has 0 radical (unpaired) electrons. The van der Waals surface area contributed by atoms with Crippen LogP contribution < -0.4 is 11.1 Å². The van der Waals surface area contributed by atoms with Crippen LogP contribution in [0.2, 0.25) is 0 Å². The van der Waals surface area contributed by atoms with Crippen molar-refractivity contribution in [3.8, 4) is 0 Å². The van der Waals surface area contributed by atoms with Gasteiger partial charge >= 0.3 is 0 Å². The summed E-state index contributed by atoms with van der Waals surface area (Å²) in [5.41, 5.74) is 4.34. The van der Waals surface area contributed by atoms with Crippen LogP contribution in [0.5, 0.6) is 0 Å². The Kier molecular flexibility index (Phi) is 27.0. The van der Waals surface area contributed by atoms with Gasteiger partial charge in [0.2, 0.25) is 0 Å². The molecule has 104 valence electrons. The van der Waals surface area contributed by atoms with Crippen LogP contribution in [0.3, 0.4) is 0 Å². The predicted octanol–water partition coefficient (Wildman–Crippen LogP) is 3.62. The molecule has 0 saturated heterocycles. The summed E-state index contributed by atoms with van der Waals surface area (Å²) in [6.07, 6.45) is 6.05. The molecule has 2 amide bonds. The molecule has 0 rings (SSSR count). The van der Waals surface area contributed by atoms with Crippen LogP contribution >= 0.6 is 25.3 Å². The fourth-order valence-electron chi connectivity index (χ4n) is 0.570. The molecule has 17 heavy (non-hydrogen) atoms. The molecule has 0 aromatic heterocycles. The Bertz CT molecular complexity index is 173. The van der Waals surface area contributed by atoms with Gasteiger partial charge in [0.05, 0.1) is 0 Å². The molecule has 0 spiro atoms. The number of carbonyl (C=O) groups is 2. The van der Waals surface area contributed by atoms with Gasteiger partial charge in [-0.05, 0) is 6.42 Å². The molecule has 0 heterocycles. The molecule has 0 unspecified atom stereocenters. The number of hydrogen-bond acceptors (Lipinski definition) is 2. The number of thiol groups is 2. The third-order valence-corrected chi connectivity index (χ3v) is 1.71. The minimum absolute atomic E-state index is 0.230. The molecular formula is C11H26N2O2S2. The molecule has 3 N–H and O–H groups in total. The molecule has 0 aliphatic carbocycles. The number of rotatable bonds is 5. The van der Waals surface area contributed by atoms with Gasteiger partial charge in [0, 0.05) is 6.54 Å². The van der Waals surface area contributed by atoms with Crippen molar-refractivity contribution in [1.82, 2.24) is 5.32 Å². The van der Waals surface area contributed by atoms with E-state index in [2.05, 4.69) is 57.1 Å². The maximum absolute atomic E-state index is 10.2. The van der Waals surface area contributed by atoms with Crippen molar-refractivity contribution in [2.24, 2.45) is 5.73 Å². The first-order valence-electron chi connectivity index (χ1n) is 5.87. The van der Waals surface area contributed by atoms with Crippen LogP contribution in [0, 0.1) is 0 Å². The molecule has 0 aromatic carbocycles. The summed E-state index contributed by atoms with van der Waals surface area (Å²) in [4.78, 5) is 19.2. The Balaban J connectivity index is -0.000000205. The topological polar surface area (TPSA) is 72.2 Å². The second-order valence-electron chi connectivity index (χ2n) is 3.28. The normalized spacial score (nSPS) is 8.06. The lowest BCUT2D eigenvalue weighted by molar-refractivity contribution is 0.260. The van der Waals surface area contributed by atoms with Crippen molar-refractivity contribution in [2.75, 3.05) is 6.54 Å². The van der Waals surface area contributed by atoms with E-state index in [1.807, 2.05) is 0 Å². The van der Waals surface area contributed by atoms with Gasteiger partial charge in [-0.3, -0.25) is 9.59 Å². The molecule has 0 aromatic rings. The lowest BCUT2D eigenvalue weighted by Crippen LogP contribution is -2.17. The summed E-state index contributed by atoms with van der Waals surface area (Å²) in [6.45, 7) is 7.25. The summed E-state index contributed by atoms with van der Waals surface area (Å²) in [5.74, 6) is 0. The van der Waals surface area contributed by atoms with E-state index < -0.39 is 5.24 Å². The Hall–Kier alpha value is -0.360. The molecule has 0 atom stereocenters. The molecule has 0 bridgehead atoms. The first kappa shape index (κ1) is 21.9. The average Bonchev–Trinajstić information content (AvgIpc) is 2.24. The zero-order valence-electron chi connectivity index (χ0n) is 11.0. The number of primary amides is 1. The van der Waals surface area contributed by atoms with Gasteiger partial charge in [-0.2, -0.15) is 0 Å². The zero-order valence-corrected chi connectivity index (χ0v) is 12.8. The van der Waals surface area contributed by atoms with Gasteiger partial charge < -0.3 is 11.1 Å². The second-order valence-corrected chi connectivity index (χ2v) is 4.12. The standard InChI is InChI=1S/C6H13NOS.C4H10.CH3NOS/c1-2-3-4-5-7-6(8)9;1-3-4-2;2-1(3)4/h2-5H2,1H3,(H2,7,8,9);3-4H2,1-2H3;(H3,2,3,4). The highest BCUT2D eigenvalue weighted by molar-refractivity contribution is 7.96. The van der Waals surface area contributed by atoms with E-state index in [1.54, 1.807) is 0 Å². The molecule has 0 fully saturated rings. The van der Waals surface area contributed by atoms with Crippen LogP contribution in [0.1, 0.15) is 52.9 Å². The van der Waals surface area contributed by atoms with E-state index in [9.17, 15) is 4.79 Å². The van der Waals surface area contributed by atoms with Gasteiger partial charge in [-0.1, -0.05) is 71.7 Å². The molecule has 4 nitrogen and oxygen atoms in total. The molecule has 6 heteroatoms. The number of nitrogens with one attached hydrogen (secondary N) is 1. The van der Waals surface area contributed by atoms with E-state index in [0.717, 1.165) is 13.0 Å². The third kappa shape index (κ3) is 66.0. The van der Waals surface area contributed by atoms with Crippen molar-refractivity contribution >= 4 is 35.7 Å². The zero-order chi connectivity index (χ0) is 14.1. The lowest BCUT2D eigenvalue weighted by atomic mass is 10.2. The van der Waals surface area contributed by atoms with Crippen LogP contribution in [0.25, 0.3) is 0 Å². The second kappa shape index (κ2) is 21.0. The summed E-state index contributed by atoms with van der Waals surface area (Å²) in [5, 5.41) is 1.74. The summed E-state index contributed by atoms with van der Waals surface area (Å²) >= 11 is 6.66. The SMILES string of the molecule is CCCC.CCCCCNC(=O)S.NC(=O)S. The van der Waals surface area contributed by atoms with Crippen molar-refractivity contribution in [3.05, 3.63) is 0 Å². The van der Waals surface area contributed by atoms with Gasteiger partial charge in [0.15, 0.2) is 0 Å². The highest BCUT2D eigenvalue weighted by Gasteiger charge is 1.88. The number of unbranched alkanes of at least 4 members (excludes halogenated alkanes) is 3. The molecule has 0 saturated carbocycles. The number of nitrogens with two attached hydrogens (primary N) is 1. The van der Waals surface area contributed by atoms with Gasteiger partial charge in [0.25, 0.3) is 10.5 Å². The van der Waals surface area contributed by atoms with Crippen LogP contribution in [-0.4, -0.2) is 17.0 Å². The Morgan fingerprint density at radius 3 is 1.65 bits per heavy atom. The molecule has 0 aliphatic rings. The fourth-order valence-corrected chi connectivity index (χ4v) is 0.682. The van der Waals surface area contributed by atoms with Gasteiger partial charge in [0.1, 0.15) is 0 Å². The number of hydrogen-bond donors (Lipinski definition) is 4. The molecular weight excluding hydrogens is 256 g/mol. The fraction of sp³-hybridized carbons (Fsp3) is 0.818. The van der Waals surface area contributed by atoms with Crippen molar-refractivity contribution < 1.29 is 9.59 Å². The van der Waals surface area contributed by atoms with Crippen LogP contribution in [-0.2, 0) is 0 Å². The number of amides is 2. The van der Waals surface area contributed by atoms with Gasteiger partial charge in [-0.25, -0.2) is 0 Å². The smallest absolute Gasteiger partial charge is 0.275 e. The van der Waals surface area contributed by atoms with E-state index in [-0.39, 0.29) is 5.24 Å². The van der Waals surface area contributed by atoms with Crippen LogP contribution in [0.4, 0.5) is 9.59 Å². The Morgan fingerprint density at radius 2 is 1.41 bits per heavy atom. The minimum Gasteiger partial charge on any atom is -0.361 e. The number of carbonyl (C=O) groups excluding carboxylic acids is 2. The largest absolute Gasteiger partial charge is 0.361 e. The summed E-state index contributed by atoms with van der Waals surface area (Å²) < 4.78 is 0. The van der Waals surface area contributed by atoms with Crippen molar-refractivity contribution in [1.29, 1.82) is 0 Å². The van der Waals surface area contributed by atoms with Crippen molar-refractivity contribution in [3.63, 3.8) is 0 Å². The van der Waals surface area contributed by atoms with Crippen molar-refractivity contribution in [2.45, 2.75) is 52.9 Å².